The topological polar surface area (TPSA) is 33.5 Å². The van der Waals surface area contributed by atoms with Crippen LogP contribution in [-0.4, -0.2) is 32.1 Å². The van der Waals surface area contributed by atoms with E-state index < -0.39 is 0 Å². The minimum absolute atomic E-state index is 0. The summed E-state index contributed by atoms with van der Waals surface area (Å²) < 4.78 is 0. The second-order valence-electron chi connectivity index (χ2n) is 6.11. The molecule has 3 nitrogen and oxygen atoms in total. The molecule has 0 aromatic heterocycles. The number of hydrogen-bond donors (Lipinski definition) is 2. The van der Waals surface area contributed by atoms with Crippen LogP contribution in [-0.2, 0) is 4.79 Å². The van der Waals surface area contributed by atoms with Crippen LogP contribution in [0.2, 0.25) is 0 Å². The number of benzene rings is 2. The minimum Gasteiger partial charge on any atom is -1.00 e. The Morgan fingerprint density at radius 2 is 1.46 bits per heavy atom. The SMILES string of the molecule is CC[NH+](CC)CCNC(=O)C1c2ccccc2-c2ccccc21.[Cl-]. The van der Waals surface area contributed by atoms with Crippen molar-refractivity contribution < 1.29 is 22.1 Å². The van der Waals surface area contributed by atoms with Gasteiger partial charge >= 0.3 is 0 Å². The molecular formula is C20H25ClN2O. The Balaban J connectivity index is 0.00000208. The van der Waals surface area contributed by atoms with Gasteiger partial charge in [0.2, 0.25) is 5.91 Å². The number of carbonyl (C=O) groups excluding carboxylic acids is 1. The maximum atomic E-state index is 12.8. The number of carbonyl (C=O) groups is 1. The Kier molecular flexibility index (Phi) is 6.41. The number of nitrogens with one attached hydrogen (secondary N) is 2. The zero-order chi connectivity index (χ0) is 16.2. The van der Waals surface area contributed by atoms with Crippen molar-refractivity contribution in [1.29, 1.82) is 0 Å². The van der Waals surface area contributed by atoms with E-state index in [0.717, 1.165) is 37.3 Å². The third kappa shape index (κ3) is 3.47. The predicted molar refractivity (Wildman–Crippen MR) is 93.6 cm³/mol. The zero-order valence-electron chi connectivity index (χ0n) is 14.3. The summed E-state index contributed by atoms with van der Waals surface area (Å²) in [7, 11) is 0. The first-order chi connectivity index (χ1) is 11.3. The number of likely N-dealkylation sites (N-methyl/N-ethyl adjacent to an activating group) is 1. The van der Waals surface area contributed by atoms with E-state index in [1.54, 1.807) is 0 Å². The third-order valence-corrected chi connectivity index (χ3v) is 4.87. The van der Waals surface area contributed by atoms with Crippen LogP contribution in [0.5, 0.6) is 0 Å². The molecule has 0 saturated carbocycles. The van der Waals surface area contributed by atoms with Gasteiger partial charge in [-0.15, -0.1) is 0 Å². The first kappa shape index (κ1) is 18.5. The van der Waals surface area contributed by atoms with Crippen molar-refractivity contribution in [2.45, 2.75) is 19.8 Å². The van der Waals surface area contributed by atoms with E-state index in [1.165, 1.54) is 16.0 Å². The Hall–Kier alpha value is -1.84. The fourth-order valence-corrected chi connectivity index (χ4v) is 3.51. The fraction of sp³-hybridized carbons (Fsp3) is 0.350. The molecule has 1 aliphatic carbocycles. The van der Waals surface area contributed by atoms with Gasteiger partial charge in [0.25, 0.3) is 0 Å². The lowest BCUT2D eigenvalue weighted by Gasteiger charge is -2.17. The highest BCUT2D eigenvalue weighted by Crippen LogP contribution is 2.44. The van der Waals surface area contributed by atoms with Crippen molar-refractivity contribution >= 4 is 5.91 Å². The monoisotopic (exact) mass is 344 g/mol. The zero-order valence-corrected chi connectivity index (χ0v) is 15.1. The lowest BCUT2D eigenvalue weighted by molar-refractivity contribution is -0.895. The average molecular weight is 345 g/mol. The van der Waals surface area contributed by atoms with Crippen molar-refractivity contribution in [3.05, 3.63) is 59.7 Å². The van der Waals surface area contributed by atoms with Gasteiger partial charge in [-0.1, -0.05) is 48.5 Å². The normalized spacial score (nSPS) is 12.5. The van der Waals surface area contributed by atoms with Crippen LogP contribution in [0.1, 0.15) is 30.9 Å². The van der Waals surface area contributed by atoms with Gasteiger partial charge in [-0.3, -0.25) is 4.79 Å². The van der Waals surface area contributed by atoms with E-state index >= 15 is 0 Å². The molecule has 2 aromatic rings. The second kappa shape index (κ2) is 8.32. The number of halogens is 1. The van der Waals surface area contributed by atoms with E-state index in [9.17, 15) is 4.79 Å². The number of amides is 1. The molecule has 4 heteroatoms. The fourth-order valence-electron chi connectivity index (χ4n) is 3.51. The molecule has 0 bridgehead atoms. The maximum absolute atomic E-state index is 12.8. The highest BCUT2D eigenvalue weighted by molar-refractivity contribution is 5.96. The molecule has 0 unspecified atom stereocenters. The molecule has 128 valence electrons. The van der Waals surface area contributed by atoms with Crippen molar-refractivity contribution in [3.63, 3.8) is 0 Å². The molecule has 2 N–H and O–H groups in total. The summed E-state index contributed by atoms with van der Waals surface area (Å²) >= 11 is 0. The average Bonchev–Trinajstić information content (AvgIpc) is 2.93. The molecule has 3 rings (SSSR count). The van der Waals surface area contributed by atoms with Crippen molar-refractivity contribution in [1.82, 2.24) is 5.32 Å². The smallest absolute Gasteiger partial charge is 0.232 e. The molecule has 1 aliphatic rings. The minimum atomic E-state index is -0.172. The van der Waals surface area contributed by atoms with Crippen molar-refractivity contribution in [3.8, 4) is 11.1 Å². The Labute approximate surface area is 150 Å². The molecule has 0 aliphatic heterocycles. The van der Waals surface area contributed by atoms with Crippen LogP contribution < -0.4 is 22.6 Å². The van der Waals surface area contributed by atoms with Crippen molar-refractivity contribution in [2.24, 2.45) is 0 Å². The van der Waals surface area contributed by atoms with Gasteiger partial charge in [-0.25, -0.2) is 0 Å². The molecule has 0 atom stereocenters. The number of fused-ring (bicyclic) bond motifs is 3. The van der Waals surface area contributed by atoms with Crippen LogP contribution in [0.4, 0.5) is 0 Å². The van der Waals surface area contributed by atoms with E-state index in [0.29, 0.717) is 0 Å². The second-order valence-corrected chi connectivity index (χ2v) is 6.11. The molecular weight excluding hydrogens is 320 g/mol. The Morgan fingerprint density at radius 3 is 1.96 bits per heavy atom. The number of quaternary nitrogens is 1. The van der Waals surface area contributed by atoms with Crippen LogP contribution >= 0.6 is 0 Å². The highest BCUT2D eigenvalue weighted by Gasteiger charge is 2.33. The first-order valence-corrected chi connectivity index (χ1v) is 8.55. The van der Waals surface area contributed by atoms with Crippen LogP contribution in [0, 0.1) is 0 Å². The van der Waals surface area contributed by atoms with Crippen LogP contribution in [0.15, 0.2) is 48.5 Å². The lowest BCUT2D eigenvalue weighted by Crippen LogP contribution is -3.12. The van der Waals surface area contributed by atoms with E-state index in [2.05, 4.69) is 43.4 Å². The molecule has 1 amide bonds. The summed E-state index contributed by atoms with van der Waals surface area (Å²) in [6, 6.07) is 16.5. The quantitative estimate of drug-likeness (QED) is 0.681. The molecule has 0 radical (unpaired) electrons. The predicted octanol–water partition coefficient (Wildman–Crippen LogP) is -1.16. The number of rotatable bonds is 6. The molecule has 24 heavy (non-hydrogen) atoms. The van der Waals surface area contributed by atoms with Crippen molar-refractivity contribution in [2.75, 3.05) is 26.2 Å². The summed E-state index contributed by atoms with van der Waals surface area (Å²) in [5.41, 5.74) is 4.64. The lowest BCUT2D eigenvalue weighted by atomic mass is 9.96. The summed E-state index contributed by atoms with van der Waals surface area (Å²) in [6.45, 7) is 8.28. The van der Waals surface area contributed by atoms with E-state index in [-0.39, 0.29) is 24.2 Å². The largest absolute Gasteiger partial charge is 1.00 e. The third-order valence-electron chi connectivity index (χ3n) is 4.87. The van der Waals surface area contributed by atoms with Gasteiger partial charge in [0, 0.05) is 0 Å². The van der Waals surface area contributed by atoms with Gasteiger partial charge in [0.15, 0.2) is 0 Å². The van der Waals surface area contributed by atoms with Crippen LogP contribution in [0.3, 0.4) is 0 Å². The maximum Gasteiger partial charge on any atom is 0.232 e. The molecule has 0 fully saturated rings. The molecule has 0 saturated heterocycles. The van der Waals surface area contributed by atoms with Gasteiger partial charge in [0.05, 0.1) is 32.1 Å². The summed E-state index contributed by atoms with van der Waals surface area (Å²) in [6.07, 6.45) is 0. The molecule has 0 spiro atoms. The van der Waals surface area contributed by atoms with Gasteiger partial charge in [-0.05, 0) is 36.1 Å². The molecule has 2 aromatic carbocycles. The van der Waals surface area contributed by atoms with E-state index in [4.69, 9.17) is 0 Å². The first-order valence-electron chi connectivity index (χ1n) is 8.55. The summed E-state index contributed by atoms with van der Waals surface area (Å²) in [4.78, 5) is 14.3. The standard InChI is InChI=1S/C20H24N2O.ClH/c1-3-22(4-2)14-13-21-20(23)19-17-11-7-5-9-15(17)16-10-6-8-12-18(16)19;/h5-12,19H,3-4,13-14H2,1-2H3,(H,21,23);1H. The van der Waals surface area contributed by atoms with E-state index in [1.807, 2.05) is 24.3 Å². The van der Waals surface area contributed by atoms with Gasteiger partial charge < -0.3 is 22.6 Å². The molecule has 0 heterocycles. The Morgan fingerprint density at radius 1 is 0.958 bits per heavy atom. The summed E-state index contributed by atoms with van der Waals surface area (Å²) in [5, 5.41) is 3.15. The van der Waals surface area contributed by atoms with Gasteiger partial charge in [0.1, 0.15) is 0 Å². The Bertz CT molecular complexity index is 652. The van der Waals surface area contributed by atoms with Gasteiger partial charge in [-0.2, -0.15) is 0 Å². The highest BCUT2D eigenvalue weighted by atomic mass is 35.5. The van der Waals surface area contributed by atoms with Crippen LogP contribution in [0.25, 0.3) is 11.1 Å². The summed E-state index contributed by atoms with van der Waals surface area (Å²) in [5.74, 6) is -0.0527. The number of hydrogen-bond acceptors (Lipinski definition) is 1.